The number of alkyl halides is 3. The molecule has 1 heterocycles. The molecule has 0 atom stereocenters. The van der Waals surface area contributed by atoms with Gasteiger partial charge in [0, 0.05) is 6.20 Å². The first-order valence-corrected chi connectivity index (χ1v) is 9.31. The Bertz CT molecular complexity index is 887. The lowest BCUT2D eigenvalue weighted by atomic mass is 10.2. The van der Waals surface area contributed by atoms with Crippen molar-refractivity contribution < 1.29 is 31.1 Å². The normalized spacial score (nSPS) is 12.2. The fourth-order valence-corrected chi connectivity index (χ4v) is 3.63. The zero-order chi connectivity index (χ0) is 20.1. The number of rotatable bonds is 7. The average molecular weight is 402 g/mol. The molecule has 0 aliphatic carbocycles. The van der Waals surface area contributed by atoms with Gasteiger partial charge in [0.05, 0.1) is 29.3 Å². The second kappa shape index (κ2) is 8.49. The molecule has 0 saturated heterocycles. The summed E-state index contributed by atoms with van der Waals surface area (Å²) in [5, 5.41) is 0. The van der Waals surface area contributed by atoms with Crippen molar-refractivity contribution in [3.8, 4) is 0 Å². The number of aromatic nitrogens is 1. The van der Waals surface area contributed by atoms with Crippen LogP contribution in [0.5, 0.6) is 0 Å². The van der Waals surface area contributed by atoms with Gasteiger partial charge >= 0.3 is 12.1 Å². The van der Waals surface area contributed by atoms with Gasteiger partial charge in [0.25, 0.3) is 0 Å². The van der Waals surface area contributed by atoms with Crippen molar-refractivity contribution in [2.24, 2.45) is 0 Å². The summed E-state index contributed by atoms with van der Waals surface area (Å²) < 4.78 is 70.0. The van der Waals surface area contributed by atoms with Crippen molar-refractivity contribution >= 4 is 16.0 Å². The maximum absolute atomic E-state index is 12.9. The molecule has 0 aliphatic heterocycles. The number of ether oxygens (including phenoxy) is 1. The summed E-state index contributed by atoms with van der Waals surface area (Å²) in [6, 6.07) is 8.14. The Labute approximate surface area is 154 Å². The molecule has 0 unspecified atom stereocenters. The first kappa shape index (κ1) is 20.8. The largest absolute Gasteiger partial charge is 0.465 e. The third-order valence-corrected chi connectivity index (χ3v) is 5.26. The summed E-state index contributed by atoms with van der Waals surface area (Å²) in [6.07, 6.45) is -3.26. The second-order valence-electron chi connectivity index (χ2n) is 5.42. The number of esters is 1. The third-order valence-electron chi connectivity index (χ3n) is 3.47. The van der Waals surface area contributed by atoms with Gasteiger partial charge in [0.15, 0.2) is 0 Å². The molecule has 2 aromatic rings. The Kier molecular flexibility index (Phi) is 6.55. The first-order valence-electron chi connectivity index (χ1n) is 7.87. The van der Waals surface area contributed by atoms with Gasteiger partial charge in [0.1, 0.15) is 6.54 Å². The van der Waals surface area contributed by atoms with E-state index in [1.54, 1.807) is 25.1 Å². The van der Waals surface area contributed by atoms with Crippen LogP contribution in [0.25, 0.3) is 0 Å². The summed E-state index contributed by atoms with van der Waals surface area (Å²) in [5.41, 5.74) is -0.769. The second-order valence-corrected chi connectivity index (χ2v) is 7.36. The number of sulfonamides is 1. The minimum Gasteiger partial charge on any atom is -0.465 e. The van der Waals surface area contributed by atoms with Crippen LogP contribution in [0.2, 0.25) is 0 Å². The molecule has 27 heavy (non-hydrogen) atoms. The SMILES string of the molecule is CCOC(=O)CN(Cc1ccccn1)S(=O)(=O)c1cccc(C(F)(F)F)c1. The molecular weight excluding hydrogens is 385 g/mol. The molecule has 0 spiro atoms. The van der Waals surface area contributed by atoms with Gasteiger partial charge in [-0.3, -0.25) is 9.78 Å². The number of carbonyl (C=O) groups is 1. The van der Waals surface area contributed by atoms with Gasteiger partial charge in [0.2, 0.25) is 10.0 Å². The number of pyridine rings is 1. The van der Waals surface area contributed by atoms with E-state index in [-0.39, 0.29) is 13.2 Å². The van der Waals surface area contributed by atoms with Gasteiger partial charge in [-0.1, -0.05) is 12.1 Å². The highest BCUT2D eigenvalue weighted by molar-refractivity contribution is 7.89. The summed E-state index contributed by atoms with van der Waals surface area (Å²) in [4.78, 5) is 15.2. The Hall–Kier alpha value is -2.46. The number of halogens is 3. The quantitative estimate of drug-likeness (QED) is 0.666. The molecule has 0 N–H and O–H groups in total. The molecule has 0 amide bonds. The molecule has 0 saturated carbocycles. The molecule has 1 aromatic heterocycles. The van der Waals surface area contributed by atoms with Gasteiger partial charge in [-0.2, -0.15) is 17.5 Å². The summed E-state index contributed by atoms with van der Waals surface area (Å²) in [5.74, 6) is -0.816. The van der Waals surface area contributed by atoms with Crippen LogP contribution in [0.3, 0.4) is 0 Å². The van der Waals surface area contributed by atoms with E-state index in [4.69, 9.17) is 4.74 Å². The van der Waals surface area contributed by atoms with Crippen molar-refractivity contribution in [1.29, 1.82) is 0 Å². The van der Waals surface area contributed by atoms with E-state index in [9.17, 15) is 26.4 Å². The highest BCUT2D eigenvalue weighted by Gasteiger charge is 2.33. The molecule has 0 bridgehead atoms. The van der Waals surface area contributed by atoms with Gasteiger partial charge in [-0.25, -0.2) is 8.42 Å². The summed E-state index contributed by atoms with van der Waals surface area (Å²) in [7, 11) is -4.40. The van der Waals surface area contributed by atoms with E-state index in [0.29, 0.717) is 11.8 Å². The van der Waals surface area contributed by atoms with Gasteiger partial charge in [-0.05, 0) is 37.3 Å². The van der Waals surface area contributed by atoms with Crippen LogP contribution in [0, 0.1) is 0 Å². The van der Waals surface area contributed by atoms with Crippen LogP contribution < -0.4 is 0 Å². The van der Waals surface area contributed by atoms with Gasteiger partial charge in [-0.15, -0.1) is 0 Å². The van der Waals surface area contributed by atoms with E-state index in [1.807, 2.05) is 0 Å². The number of benzene rings is 1. The smallest absolute Gasteiger partial charge is 0.416 e. The number of nitrogens with zero attached hydrogens (tertiary/aromatic N) is 2. The summed E-state index contributed by atoms with van der Waals surface area (Å²) in [6.45, 7) is 0.656. The van der Waals surface area contributed by atoms with E-state index >= 15 is 0 Å². The lowest BCUT2D eigenvalue weighted by molar-refractivity contribution is -0.143. The third kappa shape index (κ3) is 5.51. The lowest BCUT2D eigenvalue weighted by Gasteiger charge is -2.21. The van der Waals surface area contributed by atoms with E-state index < -0.39 is 39.2 Å². The monoisotopic (exact) mass is 402 g/mol. The van der Waals surface area contributed by atoms with Crippen LogP contribution in [0.4, 0.5) is 13.2 Å². The predicted octanol–water partition coefficient (Wildman–Crippen LogP) is 2.85. The Morgan fingerprint density at radius 2 is 1.93 bits per heavy atom. The molecule has 0 radical (unpaired) electrons. The molecule has 2 rings (SSSR count). The minimum atomic E-state index is -4.70. The Morgan fingerprint density at radius 3 is 2.52 bits per heavy atom. The standard InChI is InChI=1S/C17H17F3N2O4S/c1-2-26-16(23)12-22(11-14-7-3-4-9-21-14)27(24,25)15-8-5-6-13(10-15)17(18,19)20/h3-10H,2,11-12H2,1H3. The molecule has 146 valence electrons. The fraction of sp³-hybridized carbons (Fsp3) is 0.294. The lowest BCUT2D eigenvalue weighted by Crippen LogP contribution is -2.36. The average Bonchev–Trinajstić information content (AvgIpc) is 2.61. The van der Waals surface area contributed by atoms with Crippen LogP contribution >= 0.6 is 0 Å². The van der Waals surface area contributed by atoms with Crippen molar-refractivity contribution in [3.63, 3.8) is 0 Å². The zero-order valence-corrected chi connectivity index (χ0v) is 15.1. The van der Waals surface area contributed by atoms with Crippen LogP contribution in [0.15, 0.2) is 53.6 Å². The topological polar surface area (TPSA) is 76.6 Å². The molecular formula is C17H17F3N2O4S. The van der Waals surface area contributed by atoms with Crippen LogP contribution in [-0.2, 0) is 32.3 Å². The number of hydrogen-bond acceptors (Lipinski definition) is 5. The highest BCUT2D eigenvalue weighted by atomic mass is 32.2. The Morgan fingerprint density at radius 1 is 1.19 bits per heavy atom. The van der Waals surface area contributed by atoms with Crippen molar-refractivity contribution in [1.82, 2.24) is 9.29 Å². The first-order chi connectivity index (χ1) is 12.6. The number of carbonyl (C=O) groups excluding carboxylic acids is 1. The fourth-order valence-electron chi connectivity index (χ4n) is 2.23. The van der Waals surface area contributed by atoms with Crippen LogP contribution in [0.1, 0.15) is 18.2 Å². The molecule has 6 nitrogen and oxygen atoms in total. The van der Waals surface area contributed by atoms with E-state index in [1.165, 1.54) is 6.20 Å². The molecule has 0 fully saturated rings. The number of hydrogen-bond donors (Lipinski definition) is 0. The van der Waals surface area contributed by atoms with Crippen molar-refractivity contribution in [2.45, 2.75) is 24.5 Å². The van der Waals surface area contributed by atoms with Crippen LogP contribution in [-0.4, -0.2) is 36.8 Å². The van der Waals surface area contributed by atoms with Crippen molar-refractivity contribution in [3.05, 3.63) is 59.9 Å². The van der Waals surface area contributed by atoms with E-state index in [0.717, 1.165) is 22.5 Å². The maximum atomic E-state index is 12.9. The predicted molar refractivity (Wildman–Crippen MR) is 89.9 cm³/mol. The molecule has 10 heteroatoms. The zero-order valence-electron chi connectivity index (χ0n) is 14.3. The maximum Gasteiger partial charge on any atom is 0.416 e. The molecule has 1 aromatic carbocycles. The Balaban J connectivity index is 2.41. The van der Waals surface area contributed by atoms with Crippen molar-refractivity contribution in [2.75, 3.05) is 13.2 Å². The molecule has 0 aliphatic rings. The highest BCUT2D eigenvalue weighted by Crippen LogP contribution is 2.31. The van der Waals surface area contributed by atoms with E-state index in [2.05, 4.69) is 4.98 Å². The minimum absolute atomic E-state index is 0.0415. The summed E-state index contributed by atoms with van der Waals surface area (Å²) >= 11 is 0. The van der Waals surface area contributed by atoms with Gasteiger partial charge < -0.3 is 4.74 Å².